The van der Waals surface area contributed by atoms with Gasteiger partial charge in [-0.05, 0) is 44.0 Å². The first-order chi connectivity index (χ1) is 13.8. The highest BCUT2D eigenvalue weighted by Crippen LogP contribution is 2.20. The Morgan fingerprint density at radius 3 is 2.45 bits per heavy atom. The smallest absolute Gasteiger partial charge is 0.272 e. The molecule has 2 atom stereocenters. The Morgan fingerprint density at radius 2 is 1.83 bits per heavy atom. The largest absolute Gasteiger partial charge is 0.373 e. The predicted molar refractivity (Wildman–Crippen MR) is 111 cm³/mol. The van der Waals surface area contributed by atoms with Crippen LogP contribution in [0.25, 0.3) is 0 Å². The van der Waals surface area contributed by atoms with Crippen molar-refractivity contribution in [3.05, 3.63) is 74.8 Å². The number of morpholine rings is 1. The van der Waals surface area contributed by atoms with E-state index in [2.05, 4.69) is 30.1 Å². The van der Waals surface area contributed by atoms with Crippen molar-refractivity contribution in [3.8, 4) is 0 Å². The zero-order valence-electron chi connectivity index (χ0n) is 17.1. The Hall–Kier alpha value is -2.77. The van der Waals surface area contributed by atoms with Crippen molar-refractivity contribution in [2.45, 2.75) is 46.1 Å². The summed E-state index contributed by atoms with van der Waals surface area (Å²) in [5, 5.41) is 13.9. The van der Waals surface area contributed by atoms with E-state index < -0.39 is 4.92 Å². The van der Waals surface area contributed by atoms with Crippen LogP contribution in [0.1, 0.15) is 40.9 Å². The second-order valence-corrected chi connectivity index (χ2v) is 7.66. The van der Waals surface area contributed by atoms with Gasteiger partial charge >= 0.3 is 0 Å². The highest BCUT2D eigenvalue weighted by molar-refractivity contribution is 5.94. The summed E-state index contributed by atoms with van der Waals surface area (Å²) in [5.41, 5.74) is 3.14. The second-order valence-electron chi connectivity index (χ2n) is 7.66. The first-order valence-electron chi connectivity index (χ1n) is 9.81. The second kappa shape index (κ2) is 9.15. The Labute approximate surface area is 170 Å². The summed E-state index contributed by atoms with van der Waals surface area (Å²) in [6, 6.07) is 12.5. The molecule has 0 saturated carbocycles. The summed E-state index contributed by atoms with van der Waals surface area (Å²) < 4.78 is 5.80. The minimum Gasteiger partial charge on any atom is -0.373 e. The number of hydrogen-bond acceptors (Lipinski definition) is 5. The van der Waals surface area contributed by atoms with Crippen LogP contribution >= 0.6 is 0 Å². The molecule has 0 bridgehead atoms. The van der Waals surface area contributed by atoms with Crippen molar-refractivity contribution in [2.75, 3.05) is 13.1 Å². The third-order valence-corrected chi connectivity index (χ3v) is 5.10. The van der Waals surface area contributed by atoms with Crippen molar-refractivity contribution >= 4 is 11.6 Å². The number of nitrogens with one attached hydrogen (secondary N) is 1. The fourth-order valence-corrected chi connectivity index (χ4v) is 3.82. The average Bonchev–Trinajstić information content (AvgIpc) is 2.66. The summed E-state index contributed by atoms with van der Waals surface area (Å²) in [5.74, 6) is -0.244. The highest BCUT2D eigenvalue weighted by Gasteiger charge is 2.22. The zero-order chi connectivity index (χ0) is 21.0. The molecule has 7 nitrogen and oxygen atoms in total. The fourth-order valence-electron chi connectivity index (χ4n) is 3.82. The lowest BCUT2D eigenvalue weighted by Crippen LogP contribution is -2.45. The van der Waals surface area contributed by atoms with Gasteiger partial charge in [0.25, 0.3) is 11.6 Å². The molecular formula is C22H27N3O4. The maximum atomic E-state index is 12.5. The number of rotatable bonds is 6. The van der Waals surface area contributed by atoms with Crippen LogP contribution in [0.2, 0.25) is 0 Å². The molecule has 2 aromatic rings. The van der Waals surface area contributed by atoms with Crippen molar-refractivity contribution < 1.29 is 14.5 Å². The number of nitro benzene ring substituents is 1. The molecule has 1 aliphatic heterocycles. The van der Waals surface area contributed by atoms with Crippen molar-refractivity contribution in [1.29, 1.82) is 0 Å². The lowest BCUT2D eigenvalue weighted by molar-refractivity contribution is -0.385. The van der Waals surface area contributed by atoms with E-state index in [4.69, 9.17) is 4.74 Å². The Bertz CT molecular complexity index is 889. The standard InChI is InChI=1S/C22H27N3O4/c1-15-10-18(8-9-21(15)25(27)28)22(26)23-11-19-6-4-5-7-20(19)14-24-12-16(2)29-17(3)13-24/h4-10,16-17H,11-14H2,1-3H3,(H,23,26). The Balaban J connectivity index is 1.66. The number of amides is 1. The van der Waals surface area contributed by atoms with E-state index in [0.717, 1.165) is 25.2 Å². The van der Waals surface area contributed by atoms with Gasteiger partial charge < -0.3 is 10.1 Å². The molecule has 2 aromatic carbocycles. The number of hydrogen-bond donors (Lipinski definition) is 1. The average molecular weight is 397 g/mol. The van der Waals surface area contributed by atoms with Gasteiger partial charge in [-0.1, -0.05) is 24.3 Å². The minimum atomic E-state index is -0.444. The van der Waals surface area contributed by atoms with Gasteiger partial charge in [0, 0.05) is 43.4 Å². The lowest BCUT2D eigenvalue weighted by Gasteiger charge is -2.35. The molecule has 1 amide bonds. The van der Waals surface area contributed by atoms with Gasteiger partial charge in [0.15, 0.2) is 0 Å². The number of ether oxygens (including phenoxy) is 1. The maximum Gasteiger partial charge on any atom is 0.272 e. The lowest BCUT2D eigenvalue weighted by atomic mass is 10.1. The van der Waals surface area contributed by atoms with Crippen molar-refractivity contribution in [1.82, 2.24) is 10.2 Å². The van der Waals surface area contributed by atoms with Crippen molar-refractivity contribution in [2.24, 2.45) is 0 Å². The van der Waals surface area contributed by atoms with E-state index in [1.165, 1.54) is 17.7 Å². The Kier molecular flexibility index (Phi) is 6.61. The molecule has 1 fully saturated rings. The molecule has 1 aliphatic rings. The van der Waals surface area contributed by atoms with E-state index >= 15 is 0 Å². The van der Waals surface area contributed by atoms with E-state index in [9.17, 15) is 14.9 Å². The summed E-state index contributed by atoms with van der Waals surface area (Å²) in [6.45, 7) is 8.78. The van der Waals surface area contributed by atoms with Gasteiger partial charge in [-0.25, -0.2) is 0 Å². The molecule has 1 N–H and O–H groups in total. The number of carbonyl (C=O) groups excluding carboxylic acids is 1. The Morgan fingerprint density at radius 1 is 1.17 bits per heavy atom. The van der Waals surface area contributed by atoms with Crippen LogP contribution in [0, 0.1) is 17.0 Å². The predicted octanol–water partition coefficient (Wildman–Crippen LogP) is 3.44. The number of carbonyl (C=O) groups is 1. The quantitative estimate of drug-likeness (QED) is 0.596. The molecule has 0 aromatic heterocycles. The van der Waals surface area contributed by atoms with Gasteiger partial charge in [-0.2, -0.15) is 0 Å². The summed E-state index contributed by atoms with van der Waals surface area (Å²) in [6.07, 6.45) is 0.409. The zero-order valence-corrected chi connectivity index (χ0v) is 17.1. The van der Waals surface area contributed by atoms with Gasteiger partial charge in [0.1, 0.15) is 0 Å². The fraction of sp³-hybridized carbons (Fsp3) is 0.409. The molecule has 0 radical (unpaired) electrons. The van der Waals surface area contributed by atoms with Crippen LogP contribution < -0.4 is 5.32 Å². The van der Waals surface area contributed by atoms with Crippen LogP contribution in [0.15, 0.2) is 42.5 Å². The third kappa shape index (κ3) is 5.40. The topological polar surface area (TPSA) is 84.7 Å². The monoisotopic (exact) mass is 397 g/mol. The number of benzene rings is 2. The van der Waals surface area contributed by atoms with Gasteiger partial charge in [0.2, 0.25) is 0 Å². The van der Waals surface area contributed by atoms with Gasteiger partial charge in [-0.15, -0.1) is 0 Å². The number of nitrogens with zero attached hydrogens (tertiary/aromatic N) is 2. The van der Waals surface area contributed by atoms with Crippen LogP contribution in [-0.2, 0) is 17.8 Å². The van der Waals surface area contributed by atoms with Crippen molar-refractivity contribution in [3.63, 3.8) is 0 Å². The van der Waals surface area contributed by atoms with Crippen LogP contribution in [-0.4, -0.2) is 41.0 Å². The first-order valence-corrected chi connectivity index (χ1v) is 9.81. The highest BCUT2D eigenvalue weighted by atomic mass is 16.6. The minimum absolute atomic E-state index is 0.0147. The molecule has 3 rings (SSSR count). The van der Waals surface area contributed by atoms with E-state index in [1.807, 2.05) is 18.2 Å². The van der Waals surface area contributed by atoms with Crippen LogP contribution in [0.5, 0.6) is 0 Å². The van der Waals surface area contributed by atoms with Crippen LogP contribution in [0.4, 0.5) is 5.69 Å². The van der Waals surface area contributed by atoms with Gasteiger partial charge in [0.05, 0.1) is 17.1 Å². The van der Waals surface area contributed by atoms with E-state index in [-0.39, 0.29) is 23.8 Å². The molecule has 1 saturated heterocycles. The van der Waals surface area contributed by atoms with Gasteiger partial charge in [-0.3, -0.25) is 19.8 Å². The normalized spacial score (nSPS) is 19.7. The molecule has 0 aliphatic carbocycles. The van der Waals surface area contributed by atoms with E-state index in [1.54, 1.807) is 13.0 Å². The summed E-state index contributed by atoms with van der Waals surface area (Å²) in [7, 11) is 0. The SMILES string of the molecule is Cc1cc(C(=O)NCc2ccccc2CN2CC(C)OC(C)C2)ccc1[N+](=O)[O-]. The molecule has 2 unspecified atom stereocenters. The molecule has 0 spiro atoms. The molecule has 7 heteroatoms. The summed E-state index contributed by atoms with van der Waals surface area (Å²) >= 11 is 0. The van der Waals surface area contributed by atoms with E-state index in [0.29, 0.717) is 17.7 Å². The third-order valence-electron chi connectivity index (χ3n) is 5.10. The molecule has 29 heavy (non-hydrogen) atoms. The number of nitro groups is 1. The summed E-state index contributed by atoms with van der Waals surface area (Å²) in [4.78, 5) is 25.4. The number of aryl methyl sites for hydroxylation is 1. The first kappa shape index (κ1) is 21.0. The molecule has 154 valence electrons. The molecular weight excluding hydrogens is 370 g/mol. The maximum absolute atomic E-state index is 12.5. The molecule has 1 heterocycles. The van der Waals surface area contributed by atoms with Crippen LogP contribution in [0.3, 0.4) is 0 Å².